The smallest absolute Gasteiger partial charge is 0.337 e. The Morgan fingerprint density at radius 3 is 2.71 bits per heavy atom. The van der Waals surface area contributed by atoms with Crippen LogP contribution in [0.3, 0.4) is 0 Å². The van der Waals surface area contributed by atoms with Crippen LogP contribution in [0.25, 0.3) is 0 Å². The molecule has 0 spiro atoms. The number of esters is 1. The van der Waals surface area contributed by atoms with Gasteiger partial charge in [0, 0.05) is 11.6 Å². The molecule has 110 valence electrons. The molecule has 3 aliphatic rings. The number of benzene rings is 1. The molecule has 3 atom stereocenters. The van der Waals surface area contributed by atoms with E-state index in [2.05, 4.69) is 17.5 Å². The maximum absolute atomic E-state index is 12.4. The second-order valence-corrected chi connectivity index (χ2v) is 5.79. The molecule has 4 heteroatoms. The van der Waals surface area contributed by atoms with E-state index in [0.29, 0.717) is 23.1 Å². The Bertz CT molecular complexity index is 593. The summed E-state index contributed by atoms with van der Waals surface area (Å²) in [5.41, 5.74) is 1.09. The number of fused-ring (bicyclic) bond motifs is 2. The number of amides is 1. The van der Waals surface area contributed by atoms with Gasteiger partial charge in [-0.3, -0.25) is 4.79 Å². The number of rotatable bonds is 3. The first-order valence-electron chi connectivity index (χ1n) is 7.35. The Labute approximate surface area is 124 Å². The molecule has 4 nitrogen and oxygen atoms in total. The van der Waals surface area contributed by atoms with Crippen LogP contribution in [0.2, 0.25) is 0 Å². The predicted molar refractivity (Wildman–Crippen MR) is 79.9 cm³/mol. The van der Waals surface area contributed by atoms with Crippen molar-refractivity contribution in [2.24, 2.45) is 17.8 Å². The molecule has 1 amide bonds. The number of allylic oxidation sites excluding steroid dienone is 2. The molecule has 4 rings (SSSR count). The van der Waals surface area contributed by atoms with Crippen LogP contribution in [0, 0.1) is 17.8 Å². The number of methoxy groups -OCH3 is 1. The average molecular weight is 285 g/mol. The first-order chi connectivity index (χ1) is 10.2. The van der Waals surface area contributed by atoms with Crippen molar-refractivity contribution in [2.75, 3.05) is 12.4 Å². The number of ether oxygens (including phenoxy) is 1. The van der Waals surface area contributed by atoms with Gasteiger partial charge in [0.1, 0.15) is 0 Å². The lowest BCUT2D eigenvalue weighted by Gasteiger charge is -2.36. The molecule has 21 heavy (non-hydrogen) atoms. The summed E-state index contributed by atoms with van der Waals surface area (Å²) < 4.78 is 4.69. The van der Waals surface area contributed by atoms with Crippen molar-refractivity contribution in [1.29, 1.82) is 0 Å². The Hall–Kier alpha value is -2.10. The molecule has 1 aromatic rings. The Morgan fingerprint density at radius 1 is 1.24 bits per heavy atom. The molecular weight excluding hydrogens is 266 g/mol. The van der Waals surface area contributed by atoms with Crippen LogP contribution in [0.5, 0.6) is 0 Å². The first kappa shape index (κ1) is 13.9. The highest BCUT2D eigenvalue weighted by Gasteiger charge is 2.36. The molecule has 3 aliphatic carbocycles. The predicted octanol–water partition coefficient (Wildman–Crippen LogP) is 3.01. The van der Waals surface area contributed by atoms with Crippen LogP contribution in [-0.2, 0) is 9.53 Å². The Balaban J connectivity index is 1.70. The number of carbonyl (C=O) groups excluding carboxylic acids is 2. The Morgan fingerprint density at radius 2 is 2.10 bits per heavy atom. The maximum Gasteiger partial charge on any atom is 0.337 e. The SMILES string of the molecule is COC(=O)c1cccc(NC(=O)C2CC3C=CC2CC3)c1. The van der Waals surface area contributed by atoms with Crippen molar-refractivity contribution in [3.8, 4) is 0 Å². The molecule has 1 N–H and O–H groups in total. The van der Waals surface area contributed by atoms with Crippen molar-refractivity contribution in [3.05, 3.63) is 42.0 Å². The van der Waals surface area contributed by atoms with Crippen molar-refractivity contribution >= 4 is 17.6 Å². The molecule has 0 aromatic heterocycles. The summed E-state index contributed by atoms with van der Waals surface area (Å²) in [5, 5.41) is 2.94. The quantitative estimate of drug-likeness (QED) is 0.686. The molecule has 0 saturated heterocycles. The average Bonchev–Trinajstić information content (AvgIpc) is 2.55. The minimum absolute atomic E-state index is 0.0514. The molecule has 1 fully saturated rings. The Kier molecular flexibility index (Phi) is 3.78. The van der Waals surface area contributed by atoms with E-state index in [-0.39, 0.29) is 11.8 Å². The van der Waals surface area contributed by atoms with E-state index in [1.165, 1.54) is 13.5 Å². The zero-order valence-electron chi connectivity index (χ0n) is 12.0. The summed E-state index contributed by atoms with van der Waals surface area (Å²) in [4.78, 5) is 24.0. The topological polar surface area (TPSA) is 55.4 Å². The first-order valence-corrected chi connectivity index (χ1v) is 7.35. The van der Waals surface area contributed by atoms with Gasteiger partial charge in [0.2, 0.25) is 5.91 Å². The molecule has 0 aliphatic heterocycles. The lowest BCUT2D eigenvalue weighted by atomic mass is 9.69. The van der Waals surface area contributed by atoms with Crippen LogP contribution >= 0.6 is 0 Å². The molecule has 3 unspecified atom stereocenters. The van der Waals surface area contributed by atoms with Gasteiger partial charge in [0.15, 0.2) is 0 Å². The normalized spacial score (nSPS) is 26.4. The highest BCUT2D eigenvalue weighted by atomic mass is 16.5. The van der Waals surface area contributed by atoms with Crippen molar-refractivity contribution in [1.82, 2.24) is 0 Å². The van der Waals surface area contributed by atoms with Gasteiger partial charge in [0.05, 0.1) is 12.7 Å². The minimum atomic E-state index is -0.397. The van der Waals surface area contributed by atoms with E-state index in [0.717, 1.165) is 12.8 Å². The van der Waals surface area contributed by atoms with Crippen LogP contribution < -0.4 is 5.32 Å². The number of hydrogen-bond donors (Lipinski definition) is 1. The number of carbonyl (C=O) groups is 2. The van der Waals surface area contributed by atoms with Gasteiger partial charge in [0.25, 0.3) is 0 Å². The van der Waals surface area contributed by atoms with Crippen LogP contribution in [0.15, 0.2) is 36.4 Å². The number of anilines is 1. The zero-order chi connectivity index (χ0) is 14.8. The van der Waals surface area contributed by atoms with Crippen LogP contribution in [0.4, 0.5) is 5.69 Å². The van der Waals surface area contributed by atoms with Crippen LogP contribution in [-0.4, -0.2) is 19.0 Å². The standard InChI is InChI=1S/C17H19NO3/c1-21-17(20)13-3-2-4-14(10-13)18-16(19)15-9-11-5-7-12(15)8-6-11/h2-5,7,10-12,15H,6,8-9H2,1H3,(H,18,19). The summed E-state index contributed by atoms with van der Waals surface area (Å²) in [7, 11) is 1.35. The fourth-order valence-corrected chi connectivity index (χ4v) is 3.31. The fourth-order valence-electron chi connectivity index (χ4n) is 3.31. The minimum Gasteiger partial charge on any atom is -0.465 e. The summed E-state index contributed by atoms with van der Waals surface area (Å²) in [6, 6.07) is 6.86. The molecular formula is C17H19NO3. The van der Waals surface area contributed by atoms with Gasteiger partial charge in [-0.05, 0) is 49.3 Å². The molecule has 0 heterocycles. The highest BCUT2D eigenvalue weighted by molar-refractivity contribution is 5.95. The summed E-state index contributed by atoms with van der Waals surface area (Å²) >= 11 is 0. The summed E-state index contributed by atoms with van der Waals surface area (Å²) in [6.45, 7) is 0. The van der Waals surface area contributed by atoms with Crippen molar-refractivity contribution in [2.45, 2.75) is 19.3 Å². The number of nitrogens with one attached hydrogen (secondary N) is 1. The number of hydrogen-bond acceptors (Lipinski definition) is 3. The van der Waals surface area contributed by atoms with E-state index in [4.69, 9.17) is 4.74 Å². The highest BCUT2D eigenvalue weighted by Crippen LogP contribution is 2.40. The van der Waals surface area contributed by atoms with E-state index in [1.807, 2.05) is 0 Å². The molecule has 0 radical (unpaired) electrons. The maximum atomic E-state index is 12.4. The largest absolute Gasteiger partial charge is 0.465 e. The van der Waals surface area contributed by atoms with E-state index in [1.54, 1.807) is 24.3 Å². The monoisotopic (exact) mass is 285 g/mol. The second-order valence-electron chi connectivity index (χ2n) is 5.79. The second kappa shape index (κ2) is 5.72. The van der Waals surface area contributed by atoms with Gasteiger partial charge >= 0.3 is 5.97 Å². The third-order valence-corrected chi connectivity index (χ3v) is 4.46. The van der Waals surface area contributed by atoms with Crippen molar-refractivity contribution in [3.63, 3.8) is 0 Å². The van der Waals surface area contributed by atoms with E-state index in [9.17, 15) is 9.59 Å². The van der Waals surface area contributed by atoms with E-state index >= 15 is 0 Å². The van der Waals surface area contributed by atoms with Gasteiger partial charge in [-0.15, -0.1) is 0 Å². The van der Waals surface area contributed by atoms with Gasteiger partial charge in [-0.1, -0.05) is 18.2 Å². The third kappa shape index (κ3) is 2.84. The van der Waals surface area contributed by atoms with Gasteiger partial charge in [-0.25, -0.2) is 4.79 Å². The fraction of sp³-hybridized carbons (Fsp3) is 0.412. The van der Waals surface area contributed by atoms with Crippen molar-refractivity contribution < 1.29 is 14.3 Å². The summed E-state index contributed by atoms with van der Waals surface area (Å²) in [5.74, 6) is 0.614. The van der Waals surface area contributed by atoms with Gasteiger partial charge in [-0.2, -0.15) is 0 Å². The molecule has 2 bridgehead atoms. The van der Waals surface area contributed by atoms with Gasteiger partial charge < -0.3 is 10.1 Å². The lowest BCUT2D eigenvalue weighted by molar-refractivity contribution is -0.122. The third-order valence-electron chi connectivity index (χ3n) is 4.46. The van der Waals surface area contributed by atoms with E-state index < -0.39 is 5.97 Å². The summed E-state index contributed by atoms with van der Waals surface area (Å²) in [6.07, 6.45) is 7.66. The molecule has 1 aromatic carbocycles. The van der Waals surface area contributed by atoms with Crippen LogP contribution in [0.1, 0.15) is 29.6 Å². The zero-order valence-corrected chi connectivity index (χ0v) is 12.0. The lowest BCUT2D eigenvalue weighted by Crippen LogP contribution is -2.36. The molecule has 1 saturated carbocycles.